The third-order valence-corrected chi connectivity index (χ3v) is 6.80. The third kappa shape index (κ3) is 7.05. The first-order valence-electron chi connectivity index (χ1n) is 12.0. The summed E-state index contributed by atoms with van der Waals surface area (Å²) in [5.74, 6) is -0.342. The number of nitrogens with zero attached hydrogens (tertiary/aromatic N) is 1. The topological polar surface area (TPSA) is 114 Å². The first-order valence-corrected chi connectivity index (χ1v) is 12.8. The van der Waals surface area contributed by atoms with Crippen molar-refractivity contribution in [1.29, 1.82) is 0 Å². The van der Waals surface area contributed by atoms with E-state index in [4.69, 9.17) is 9.47 Å². The molecule has 4 amide bonds. The summed E-state index contributed by atoms with van der Waals surface area (Å²) in [5, 5.41) is 4.95. The number of ether oxygens (including phenoxy) is 2. The van der Waals surface area contributed by atoms with Crippen LogP contribution < -0.4 is 20.1 Å². The van der Waals surface area contributed by atoms with Crippen LogP contribution in [0.3, 0.4) is 0 Å². The van der Waals surface area contributed by atoms with Gasteiger partial charge in [0, 0.05) is 5.69 Å². The molecule has 0 atom stereocenters. The van der Waals surface area contributed by atoms with Crippen LogP contribution >= 0.6 is 11.8 Å². The minimum Gasteiger partial charge on any atom is -0.495 e. The summed E-state index contributed by atoms with van der Waals surface area (Å²) in [5.41, 5.74) is 3.92. The lowest BCUT2D eigenvalue weighted by atomic mass is 10.1. The summed E-state index contributed by atoms with van der Waals surface area (Å²) in [6.45, 7) is 3.32. The van der Waals surface area contributed by atoms with Gasteiger partial charge in [-0.3, -0.25) is 24.1 Å². The van der Waals surface area contributed by atoms with Gasteiger partial charge in [-0.2, -0.15) is 0 Å². The molecule has 0 aromatic heterocycles. The smallest absolute Gasteiger partial charge is 0.294 e. The molecule has 0 radical (unpaired) electrons. The molecule has 0 bridgehead atoms. The first kappa shape index (κ1) is 27.5. The maximum Gasteiger partial charge on any atom is 0.294 e. The van der Waals surface area contributed by atoms with E-state index < -0.39 is 17.1 Å². The van der Waals surface area contributed by atoms with E-state index in [2.05, 4.69) is 10.6 Å². The van der Waals surface area contributed by atoms with E-state index in [9.17, 15) is 19.2 Å². The zero-order valence-electron chi connectivity index (χ0n) is 21.6. The lowest BCUT2D eigenvalue weighted by Crippen LogP contribution is -2.36. The number of hydrogen-bond donors (Lipinski definition) is 2. The van der Waals surface area contributed by atoms with Crippen molar-refractivity contribution in [2.45, 2.75) is 13.8 Å². The zero-order chi connectivity index (χ0) is 27.9. The van der Waals surface area contributed by atoms with Crippen molar-refractivity contribution in [1.82, 2.24) is 4.90 Å². The summed E-state index contributed by atoms with van der Waals surface area (Å²) in [7, 11) is 1.52. The molecule has 1 aliphatic rings. The van der Waals surface area contributed by atoms with E-state index in [1.165, 1.54) is 7.11 Å². The molecule has 3 aromatic rings. The van der Waals surface area contributed by atoms with Gasteiger partial charge in [0.05, 0.1) is 17.7 Å². The van der Waals surface area contributed by atoms with Crippen molar-refractivity contribution in [3.05, 3.63) is 88.3 Å². The quantitative estimate of drug-likeness (QED) is 0.364. The number of methoxy groups -OCH3 is 1. The van der Waals surface area contributed by atoms with Crippen LogP contribution in [0.5, 0.6) is 11.5 Å². The van der Waals surface area contributed by atoms with E-state index in [0.717, 1.165) is 27.8 Å². The summed E-state index contributed by atoms with van der Waals surface area (Å²) < 4.78 is 10.8. The van der Waals surface area contributed by atoms with Crippen molar-refractivity contribution >= 4 is 52.2 Å². The summed E-state index contributed by atoms with van der Waals surface area (Å²) in [6.07, 6.45) is 1.57. The van der Waals surface area contributed by atoms with E-state index in [-0.39, 0.29) is 24.0 Å². The van der Waals surface area contributed by atoms with Gasteiger partial charge in [0.25, 0.3) is 17.1 Å². The predicted octanol–water partition coefficient (Wildman–Crippen LogP) is 5.00. The Morgan fingerprint density at radius 1 is 0.923 bits per heavy atom. The number of amides is 4. The number of anilines is 2. The van der Waals surface area contributed by atoms with Crippen LogP contribution in [0.15, 0.2) is 71.6 Å². The van der Waals surface area contributed by atoms with Gasteiger partial charge in [0.2, 0.25) is 5.91 Å². The Morgan fingerprint density at radius 2 is 1.67 bits per heavy atom. The van der Waals surface area contributed by atoms with Crippen LogP contribution in [0.4, 0.5) is 16.2 Å². The van der Waals surface area contributed by atoms with Crippen molar-refractivity contribution in [2.75, 3.05) is 30.9 Å². The standard InChI is InChI=1S/C29H27N3O6S/c1-18-8-11-21(14-19(18)2)30-26(33)16-32-28(35)25(39-29(32)36)15-20-9-12-22(13-10-20)38-17-27(34)31-23-6-4-5-7-24(23)37-3/h4-15H,16-17H2,1-3H3,(H,30,33)(H,31,34)/b25-15-. The SMILES string of the molecule is COc1ccccc1NC(=O)COc1ccc(/C=C2\SC(=O)N(CC(=O)Nc3ccc(C)c(C)c3)C2=O)cc1. The Labute approximate surface area is 230 Å². The van der Waals surface area contributed by atoms with Gasteiger partial charge in [0.1, 0.15) is 18.0 Å². The molecular weight excluding hydrogens is 518 g/mol. The van der Waals surface area contributed by atoms with Crippen LogP contribution in [0.25, 0.3) is 6.08 Å². The highest BCUT2D eigenvalue weighted by Gasteiger charge is 2.36. The fourth-order valence-electron chi connectivity index (χ4n) is 3.69. The maximum absolute atomic E-state index is 12.8. The molecule has 1 saturated heterocycles. The number of carbonyl (C=O) groups is 4. The Hall–Kier alpha value is -4.57. The number of imide groups is 1. The molecule has 1 heterocycles. The van der Waals surface area contributed by atoms with Gasteiger partial charge in [-0.25, -0.2) is 0 Å². The highest BCUT2D eigenvalue weighted by Crippen LogP contribution is 2.32. The Balaban J connectivity index is 1.31. The molecule has 10 heteroatoms. The van der Waals surface area contributed by atoms with Crippen molar-refractivity contribution in [2.24, 2.45) is 0 Å². The number of thioether (sulfide) groups is 1. The third-order valence-electron chi connectivity index (χ3n) is 5.89. The minimum absolute atomic E-state index is 0.208. The van der Waals surface area contributed by atoms with Gasteiger partial charge in [-0.05, 0) is 84.8 Å². The maximum atomic E-state index is 12.8. The lowest BCUT2D eigenvalue weighted by Gasteiger charge is -2.13. The van der Waals surface area contributed by atoms with Crippen LogP contribution in [0, 0.1) is 13.8 Å². The van der Waals surface area contributed by atoms with Crippen LogP contribution in [0.2, 0.25) is 0 Å². The van der Waals surface area contributed by atoms with E-state index in [1.54, 1.807) is 60.7 Å². The van der Waals surface area contributed by atoms with E-state index in [1.807, 2.05) is 26.0 Å². The lowest BCUT2D eigenvalue weighted by molar-refractivity contribution is -0.127. The van der Waals surface area contributed by atoms with Gasteiger partial charge in [0.15, 0.2) is 6.61 Å². The average Bonchev–Trinajstić information content (AvgIpc) is 3.17. The van der Waals surface area contributed by atoms with Gasteiger partial charge >= 0.3 is 0 Å². The number of nitrogens with one attached hydrogen (secondary N) is 2. The monoisotopic (exact) mass is 545 g/mol. The second-order valence-electron chi connectivity index (χ2n) is 8.72. The molecule has 0 aliphatic carbocycles. The average molecular weight is 546 g/mol. The molecule has 3 aromatic carbocycles. The molecule has 0 unspecified atom stereocenters. The summed E-state index contributed by atoms with van der Waals surface area (Å²) >= 11 is 0.776. The molecule has 1 fully saturated rings. The molecule has 200 valence electrons. The number of para-hydroxylation sites is 2. The molecule has 4 rings (SSSR count). The van der Waals surface area contributed by atoms with Crippen molar-refractivity contribution < 1.29 is 28.7 Å². The highest BCUT2D eigenvalue weighted by molar-refractivity contribution is 8.18. The first-order chi connectivity index (χ1) is 18.7. The minimum atomic E-state index is -0.534. The Morgan fingerprint density at radius 3 is 2.38 bits per heavy atom. The van der Waals surface area contributed by atoms with E-state index in [0.29, 0.717) is 28.4 Å². The number of hydrogen-bond acceptors (Lipinski definition) is 7. The van der Waals surface area contributed by atoms with Crippen molar-refractivity contribution in [3.63, 3.8) is 0 Å². The summed E-state index contributed by atoms with van der Waals surface area (Å²) in [6, 6.07) is 19.3. The van der Waals surface area contributed by atoms with E-state index >= 15 is 0 Å². The normalized spacial score (nSPS) is 13.9. The van der Waals surface area contributed by atoms with Gasteiger partial charge < -0.3 is 20.1 Å². The number of rotatable bonds is 9. The number of aryl methyl sites for hydroxylation is 2. The second kappa shape index (κ2) is 12.3. The fraction of sp³-hybridized carbons (Fsp3) is 0.172. The predicted molar refractivity (Wildman–Crippen MR) is 151 cm³/mol. The molecule has 0 saturated carbocycles. The second-order valence-corrected chi connectivity index (χ2v) is 9.71. The van der Waals surface area contributed by atoms with Gasteiger partial charge in [-0.1, -0.05) is 30.3 Å². The number of benzene rings is 3. The highest BCUT2D eigenvalue weighted by atomic mass is 32.2. The van der Waals surface area contributed by atoms with Crippen molar-refractivity contribution in [3.8, 4) is 11.5 Å². The van der Waals surface area contributed by atoms with Crippen LogP contribution in [-0.2, 0) is 14.4 Å². The Kier molecular flexibility index (Phi) is 8.67. The largest absolute Gasteiger partial charge is 0.495 e. The molecule has 39 heavy (non-hydrogen) atoms. The zero-order valence-corrected chi connectivity index (χ0v) is 22.5. The van der Waals surface area contributed by atoms with Crippen LogP contribution in [-0.4, -0.2) is 48.1 Å². The number of carbonyl (C=O) groups excluding carboxylic acids is 4. The molecule has 2 N–H and O–H groups in total. The fourth-order valence-corrected chi connectivity index (χ4v) is 4.53. The Bertz CT molecular complexity index is 1450. The molecule has 0 spiro atoms. The summed E-state index contributed by atoms with van der Waals surface area (Å²) in [4.78, 5) is 51.1. The van der Waals surface area contributed by atoms with Crippen LogP contribution in [0.1, 0.15) is 16.7 Å². The molecule has 1 aliphatic heterocycles. The van der Waals surface area contributed by atoms with Gasteiger partial charge in [-0.15, -0.1) is 0 Å². The molecular formula is C29H27N3O6S. The molecule has 9 nitrogen and oxygen atoms in total.